The van der Waals surface area contributed by atoms with Gasteiger partial charge in [-0.15, -0.1) is 0 Å². The molecule has 7 atom stereocenters. The van der Waals surface area contributed by atoms with E-state index in [2.05, 4.69) is 15.0 Å². The van der Waals surface area contributed by atoms with Gasteiger partial charge in [-0.2, -0.15) is 18.2 Å². The number of amides is 4. The van der Waals surface area contributed by atoms with Crippen LogP contribution in [0.3, 0.4) is 0 Å². The zero-order valence-electron chi connectivity index (χ0n) is 35.1. The van der Waals surface area contributed by atoms with E-state index in [1.807, 2.05) is 19.1 Å². The number of hydrogen-bond acceptors (Lipinski definition) is 10. The number of benzene rings is 1. The molecular weight excluding hydrogens is 810 g/mol. The zero-order chi connectivity index (χ0) is 44.3. The summed E-state index contributed by atoms with van der Waals surface area (Å²) in [5.41, 5.74) is -4.76. The van der Waals surface area contributed by atoms with E-state index in [1.54, 1.807) is 43.3 Å². The molecule has 2 aromatic rings. The van der Waals surface area contributed by atoms with E-state index in [4.69, 9.17) is 9.47 Å². The van der Waals surface area contributed by atoms with Crippen molar-refractivity contribution in [1.29, 1.82) is 0 Å². The van der Waals surface area contributed by atoms with Gasteiger partial charge in [0.2, 0.25) is 27.7 Å². The van der Waals surface area contributed by atoms with Crippen LogP contribution in [0, 0.1) is 17.8 Å². The Labute approximate surface area is 348 Å². The molecule has 3 fully saturated rings. The highest BCUT2D eigenvalue weighted by atomic mass is 32.2. The maximum absolute atomic E-state index is 15.1. The van der Waals surface area contributed by atoms with Crippen molar-refractivity contribution in [2.75, 3.05) is 32.6 Å². The quantitative estimate of drug-likeness (QED) is 0.280. The molecule has 3 heterocycles. The minimum absolute atomic E-state index is 0.0480. The Hall–Kier alpha value is -4.81. The molecule has 0 unspecified atom stereocenters. The molecule has 1 saturated heterocycles. The molecule has 6 rings (SSSR count). The average molecular weight is 865 g/mol. The molecule has 2 aliphatic carbocycles. The maximum atomic E-state index is 15.1. The van der Waals surface area contributed by atoms with E-state index in [9.17, 15) is 41.1 Å². The molecule has 19 heteroatoms. The third-order valence-corrected chi connectivity index (χ3v) is 14.9. The van der Waals surface area contributed by atoms with Crippen molar-refractivity contribution < 1.29 is 55.3 Å². The molecule has 4 amide bonds. The molecule has 3 N–H and O–H groups in total. The molecule has 2 aliphatic heterocycles. The summed E-state index contributed by atoms with van der Waals surface area (Å²) in [6.45, 7) is 5.92. The maximum Gasteiger partial charge on any atom is 0.411 e. The van der Waals surface area contributed by atoms with E-state index in [-0.39, 0.29) is 42.5 Å². The van der Waals surface area contributed by atoms with Crippen LogP contribution < -0.4 is 24.4 Å². The Kier molecular flexibility index (Phi) is 11.9. The summed E-state index contributed by atoms with van der Waals surface area (Å²) in [5, 5.41) is 14.5. The third kappa shape index (κ3) is 8.42. The molecule has 1 aromatic heterocycles. The Balaban J connectivity index is 1.45. The normalized spacial score (nSPS) is 28.4. The number of carbonyl (C=O) groups is 4. The molecule has 0 spiro atoms. The Morgan fingerprint density at radius 1 is 1.10 bits per heavy atom. The number of nitrogens with zero attached hydrogens (tertiary/aromatic N) is 4. The summed E-state index contributed by atoms with van der Waals surface area (Å²) in [6, 6.07) is 3.62. The number of allylic oxidation sites excluding steroid dienone is 1. The van der Waals surface area contributed by atoms with Gasteiger partial charge in [0.15, 0.2) is 0 Å². The highest BCUT2D eigenvalue weighted by Crippen LogP contribution is 2.48. The summed E-state index contributed by atoms with van der Waals surface area (Å²) in [4.78, 5) is 64.3. The fourth-order valence-corrected chi connectivity index (χ4v) is 9.69. The minimum Gasteiger partial charge on any atom is -0.497 e. The molecule has 60 heavy (non-hydrogen) atoms. The van der Waals surface area contributed by atoms with Gasteiger partial charge in [0, 0.05) is 31.8 Å². The van der Waals surface area contributed by atoms with Gasteiger partial charge in [-0.25, -0.2) is 13.2 Å². The summed E-state index contributed by atoms with van der Waals surface area (Å²) >= 11 is 0. The van der Waals surface area contributed by atoms with E-state index < -0.39 is 85.9 Å². The summed E-state index contributed by atoms with van der Waals surface area (Å²) < 4.78 is 83.7. The summed E-state index contributed by atoms with van der Waals surface area (Å²) in [6.07, 6.45) is -2.88. The molecule has 1 aromatic carbocycles. The van der Waals surface area contributed by atoms with Gasteiger partial charge < -0.3 is 29.7 Å². The smallest absolute Gasteiger partial charge is 0.411 e. The van der Waals surface area contributed by atoms with Crippen molar-refractivity contribution in [2.45, 2.75) is 120 Å². The van der Waals surface area contributed by atoms with E-state index in [0.29, 0.717) is 61.9 Å². The van der Waals surface area contributed by atoms with Crippen LogP contribution in [0.1, 0.15) is 79.6 Å². The largest absolute Gasteiger partial charge is 0.497 e. The number of ether oxygens (including phenoxy) is 2. The molecule has 15 nitrogen and oxygen atoms in total. The average Bonchev–Trinajstić information content (AvgIpc) is 4.03. The second-order valence-corrected chi connectivity index (χ2v) is 20.1. The monoisotopic (exact) mass is 864 g/mol. The molecule has 2 saturated carbocycles. The van der Waals surface area contributed by atoms with Crippen molar-refractivity contribution in [3.05, 3.63) is 36.4 Å². The number of alkyl halides is 3. The number of pyridine rings is 1. The number of aromatic nitrogens is 1. The van der Waals surface area contributed by atoms with Gasteiger partial charge in [-0.05, 0) is 101 Å². The number of nitrogens with one attached hydrogen (secondary N) is 2. The first-order valence-corrected chi connectivity index (χ1v) is 21.6. The molecular formula is C41H55F3N6O9S. The van der Waals surface area contributed by atoms with Crippen LogP contribution in [0.15, 0.2) is 36.4 Å². The molecule has 330 valence electrons. The Bertz CT molecular complexity index is 2180. The number of halogens is 3. The fraction of sp³-hybridized carbons (Fsp3) is 0.634. The number of sulfonamides is 1. The van der Waals surface area contributed by atoms with Gasteiger partial charge in [0.05, 0.1) is 18.4 Å². The number of methoxy groups -OCH3 is 1. The fourth-order valence-electron chi connectivity index (χ4n) is 8.38. The number of rotatable bonds is 9. The van der Waals surface area contributed by atoms with Gasteiger partial charge in [0.25, 0.3) is 5.91 Å². The van der Waals surface area contributed by atoms with Crippen LogP contribution in [0.25, 0.3) is 10.8 Å². The number of carbonyl (C=O) groups excluding carboxylic acids is 3. The number of hydrogen-bond donors (Lipinski definition) is 3. The first-order chi connectivity index (χ1) is 27.9. The lowest BCUT2D eigenvalue weighted by Gasteiger charge is -2.45. The van der Waals surface area contributed by atoms with Crippen LogP contribution in [0.2, 0.25) is 0 Å². The van der Waals surface area contributed by atoms with E-state index in [0.717, 1.165) is 4.90 Å². The lowest BCUT2D eigenvalue weighted by molar-refractivity contribution is -0.222. The number of fused-ring (bicyclic) bond motifs is 3. The molecule has 0 bridgehead atoms. The molecule has 0 radical (unpaired) electrons. The minimum atomic E-state index is -5.10. The predicted molar refractivity (Wildman–Crippen MR) is 216 cm³/mol. The van der Waals surface area contributed by atoms with Gasteiger partial charge in [0.1, 0.15) is 40.8 Å². The predicted octanol–water partition coefficient (Wildman–Crippen LogP) is 5.23. The first kappa shape index (κ1) is 44.7. The first-order valence-electron chi connectivity index (χ1n) is 20.1. The van der Waals surface area contributed by atoms with Crippen LogP contribution in [-0.2, 0) is 24.4 Å². The van der Waals surface area contributed by atoms with Gasteiger partial charge in [-0.3, -0.25) is 24.0 Å². The van der Waals surface area contributed by atoms with Crippen LogP contribution >= 0.6 is 0 Å². The van der Waals surface area contributed by atoms with Crippen molar-refractivity contribution in [1.82, 2.24) is 24.8 Å². The Morgan fingerprint density at radius 3 is 2.38 bits per heavy atom. The van der Waals surface area contributed by atoms with Crippen LogP contribution in [0.4, 0.5) is 23.8 Å². The SMILES string of the molecule is COc1ccc2c(O[C@@H]3C[C@H]4C(=O)N[C@]5(C(=O)NS(=O)(=O)C6(C)CC6)C[C@H]5C=CCC[C@H](C)C[C@@H](C)[C@H](N(C(=O)O)C(C)(C)C(F)(F)F)C(=O)N4C3)nc(N(C)C)cc2c1. The number of carboxylic acid groups (broad SMARTS) is 1. The molecule has 4 aliphatic rings. The van der Waals surface area contributed by atoms with Crippen molar-refractivity contribution in [2.24, 2.45) is 17.8 Å². The Morgan fingerprint density at radius 2 is 1.78 bits per heavy atom. The zero-order valence-corrected chi connectivity index (χ0v) is 35.9. The number of anilines is 1. The lowest BCUT2D eigenvalue weighted by Crippen LogP contribution is -2.66. The van der Waals surface area contributed by atoms with E-state index >= 15 is 4.79 Å². The third-order valence-electron chi connectivity index (χ3n) is 12.7. The van der Waals surface area contributed by atoms with Crippen LogP contribution in [-0.4, -0.2) is 120 Å². The van der Waals surface area contributed by atoms with Crippen molar-refractivity contribution in [3.8, 4) is 11.6 Å². The summed E-state index contributed by atoms with van der Waals surface area (Å²) in [5.74, 6) is -3.45. The highest BCUT2D eigenvalue weighted by molar-refractivity contribution is 7.91. The lowest BCUT2D eigenvalue weighted by atomic mass is 9.85. The van der Waals surface area contributed by atoms with E-state index in [1.165, 1.54) is 21.0 Å². The summed E-state index contributed by atoms with van der Waals surface area (Å²) in [7, 11) is 0.936. The standard InChI is InChI=1S/C41H55F3N6O9S/c1-23-11-9-10-12-26-21-40(26,36(53)47-60(56,57)39(5)15-16-39)46-33(51)30-20-28(59-34-29-14-13-27(58-8)18-25(29)19-31(45-34)48(6)7)22-49(30)35(52)32(24(2)17-23)50(37(54)55)38(3,4)41(42,43)44/h10,12-14,18-19,23-24,26,28,30,32H,9,11,15-17,20-22H2,1-8H3,(H,46,51)(H,47,53)(H,54,55)/t23-,24+,26+,28+,30-,32-,40+/m0/s1. The van der Waals surface area contributed by atoms with Gasteiger partial charge >= 0.3 is 12.3 Å². The van der Waals surface area contributed by atoms with Crippen molar-refractivity contribution >= 4 is 50.4 Å². The second-order valence-electron chi connectivity index (χ2n) is 17.9. The highest BCUT2D eigenvalue weighted by Gasteiger charge is 2.64. The topological polar surface area (TPSA) is 188 Å². The second kappa shape index (κ2) is 15.9. The van der Waals surface area contributed by atoms with Crippen LogP contribution in [0.5, 0.6) is 11.6 Å². The van der Waals surface area contributed by atoms with Gasteiger partial charge in [-0.1, -0.05) is 26.0 Å². The van der Waals surface area contributed by atoms with Crippen molar-refractivity contribution in [3.63, 3.8) is 0 Å².